The lowest BCUT2D eigenvalue weighted by atomic mass is 10.3. The molecule has 0 spiro atoms. The van der Waals surface area contributed by atoms with Crippen LogP contribution in [0.3, 0.4) is 0 Å². The van der Waals surface area contributed by atoms with Crippen LogP contribution >= 0.6 is 0 Å². The second-order valence-electron chi connectivity index (χ2n) is 2.94. The van der Waals surface area contributed by atoms with Gasteiger partial charge in [0.15, 0.2) is 5.70 Å². The molecule has 0 aliphatic carbocycles. The molecule has 70 valence electrons. The zero-order valence-electron chi connectivity index (χ0n) is 8.07. The highest BCUT2D eigenvalue weighted by Gasteiger charge is 2.09. The second-order valence-corrected chi connectivity index (χ2v) is 2.94. The van der Waals surface area contributed by atoms with Crippen molar-refractivity contribution >= 4 is 5.70 Å². The first-order valence-electron chi connectivity index (χ1n) is 4.07. The van der Waals surface area contributed by atoms with Crippen LogP contribution in [0, 0.1) is 36.5 Å². The Balaban J connectivity index is 3.45. The van der Waals surface area contributed by atoms with Gasteiger partial charge in [0.1, 0.15) is 17.8 Å². The summed E-state index contributed by atoms with van der Waals surface area (Å²) in [6.07, 6.45) is 0. The molecule has 0 bridgehead atoms. The van der Waals surface area contributed by atoms with Crippen molar-refractivity contribution in [1.29, 1.82) is 10.5 Å². The first-order valence-corrected chi connectivity index (χ1v) is 4.07. The van der Waals surface area contributed by atoms with Gasteiger partial charge in [-0.1, -0.05) is 0 Å². The lowest BCUT2D eigenvalue weighted by Crippen LogP contribution is -2.07. The van der Waals surface area contributed by atoms with Gasteiger partial charge in [-0.2, -0.15) is 10.5 Å². The Morgan fingerprint density at radius 2 is 1.71 bits per heavy atom. The average Bonchev–Trinajstić information content (AvgIpc) is 2.50. The number of rotatable bonds is 1. The first-order chi connectivity index (χ1) is 6.61. The number of hydrogen-bond donors (Lipinski definition) is 1. The Hall–Kier alpha value is -2.20. The van der Waals surface area contributed by atoms with Crippen molar-refractivity contribution in [1.82, 2.24) is 4.57 Å². The zero-order chi connectivity index (χ0) is 10.7. The number of nitrogens with zero attached hydrogens (tertiary/aromatic N) is 3. The fourth-order valence-electron chi connectivity index (χ4n) is 1.30. The van der Waals surface area contributed by atoms with Crippen molar-refractivity contribution in [2.24, 2.45) is 5.73 Å². The smallest absolute Gasteiger partial charge is 0.158 e. The third-order valence-corrected chi connectivity index (χ3v) is 1.98. The van der Waals surface area contributed by atoms with Crippen molar-refractivity contribution in [3.8, 4) is 12.1 Å². The molecule has 1 heterocycles. The Labute approximate surface area is 82.5 Å². The standard InChI is InChI=1S/C10H10N4/c1-7-3-4-8(2)14(7)10(6-12)9(13)5-11/h3-4H,13H2,1-2H3. The van der Waals surface area contributed by atoms with E-state index in [2.05, 4.69) is 0 Å². The molecule has 0 atom stereocenters. The molecule has 4 heteroatoms. The van der Waals surface area contributed by atoms with E-state index in [4.69, 9.17) is 16.3 Å². The summed E-state index contributed by atoms with van der Waals surface area (Å²) in [5.41, 5.74) is 7.33. The van der Waals surface area contributed by atoms with Gasteiger partial charge in [-0.05, 0) is 26.0 Å². The zero-order valence-corrected chi connectivity index (χ0v) is 8.07. The second kappa shape index (κ2) is 3.68. The van der Waals surface area contributed by atoms with Gasteiger partial charge in [0.2, 0.25) is 0 Å². The van der Waals surface area contributed by atoms with E-state index in [-0.39, 0.29) is 11.4 Å². The van der Waals surface area contributed by atoms with Gasteiger partial charge in [0, 0.05) is 11.4 Å². The quantitative estimate of drug-likeness (QED) is 0.671. The number of allylic oxidation sites excluding steroid dienone is 2. The minimum absolute atomic E-state index is 0.0603. The van der Waals surface area contributed by atoms with E-state index in [1.54, 1.807) is 10.6 Å². The molecule has 1 rings (SSSR count). The minimum atomic E-state index is -0.0603. The van der Waals surface area contributed by atoms with Crippen LogP contribution in [-0.2, 0) is 0 Å². The van der Waals surface area contributed by atoms with Crippen LogP contribution in [-0.4, -0.2) is 4.57 Å². The van der Waals surface area contributed by atoms with Gasteiger partial charge in [0.05, 0.1) is 0 Å². The van der Waals surface area contributed by atoms with E-state index in [9.17, 15) is 0 Å². The maximum atomic E-state index is 8.89. The Morgan fingerprint density at radius 1 is 1.21 bits per heavy atom. The van der Waals surface area contributed by atoms with Crippen LogP contribution < -0.4 is 5.73 Å². The maximum Gasteiger partial charge on any atom is 0.158 e. The summed E-state index contributed by atoms with van der Waals surface area (Å²) >= 11 is 0. The fraction of sp³-hybridized carbons (Fsp3) is 0.200. The van der Waals surface area contributed by atoms with E-state index in [1.165, 1.54) is 0 Å². The number of hydrogen-bond acceptors (Lipinski definition) is 3. The molecule has 0 saturated carbocycles. The van der Waals surface area contributed by atoms with Crippen LogP contribution in [0.5, 0.6) is 0 Å². The molecule has 1 aromatic rings. The molecule has 0 unspecified atom stereocenters. The molecule has 0 radical (unpaired) electrons. The molecular formula is C10H10N4. The monoisotopic (exact) mass is 186 g/mol. The number of nitrogens with two attached hydrogens (primary N) is 1. The summed E-state index contributed by atoms with van der Waals surface area (Å²) in [7, 11) is 0. The Kier molecular flexibility index (Phi) is 2.59. The average molecular weight is 186 g/mol. The lowest BCUT2D eigenvalue weighted by Gasteiger charge is -2.07. The van der Waals surface area contributed by atoms with Crippen molar-refractivity contribution in [2.75, 3.05) is 0 Å². The van der Waals surface area contributed by atoms with E-state index in [1.807, 2.05) is 32.0 Å². The van der Waals surface area contributed by atoms with Crippen molar-refractivity contribution in [3.05, 3.63) is 29.2 Å². The fourth-order valence-corrected chi connectivity index (χ4v) is 1.30. The lowest BCUT2D eigenvalue weighted by molar-refractivity contribution is 0.991. The third-order valence-electron chi connectivity index (χ3n) is 1.98. The van der Waals surface area contributed by atoms with Crippen LogP contribution in [0.2, 0.25) is 0 Å². The van der Waals surface area contributed by atoms with Crippen molar-refractivity contribution in [3.63, 3.8) is 0 Å². The molecule has 0 aromatic carbocycles. The normalized spacial score (nSPS) is 11.4. The molecule has 0 amide bonds. The molecule has 0 fully saturated rings. The summed E-state index contributed by atoms with van der Waals surface area (Å²) in [6, 6.07) is 7.45. The highest BCUT2D eigenvalue weighted by molar-refractivity contribution is 5.68. The van der Waals surface area contributed by atoms with Gasteiger partial charge in [0.25, 0.3) is 0 Å². The number of aryl methyl sites for hydroxylation is 2. The molecule has 1 aromatic heterocycles. The van der Waals surface area contributed by atoms with Crippen LogP contribution in [0.15, 0.2) is 17.8 Å². The van der Waals surface area contributed by atoms with E-state index in [0.717, 1.165) is 11.4 Å². The molecule has 2 N–H and O–H groups in total. The highest BCUT2D eigenvalue weighted by Crippen LogP contribution is 2.15. The number of aromatic nitrogens is 1. The van der Waals surface area contributed by atoms with E-state index < -0.39 is 0 Å². The highest BCUT2D eigenvalue weighted by atomic mass is 15.0. The Bertz CT molecular complexity index is 446. The van der Waals surface area contributed by atoms with Gasteiger partial charge in [-0.25, -0.2) is 0 Å². The van der Waals surface area contributed by atoms with Gasteiger partial charge >= 0.3 is 0 Å². The van der Waals surface area contributed by atoms with E-state index >= 15 is 0 Å². The first kappa shape index (κ1) is 9.88. The van der Waals surface area contributed by atoms with E-state index in [0.29, 0.717) is 0 Å². The predicted octanol–water partition coefficient (Wildman–Crippen LogP) is 1.28. The maximum absolute atomic E-state index is 8.89. The SMILES string of the molecule is Cc1ccc(C)n1C(C#N)=C(N)C#N. The molecule has 0 aliphatic heterocycles. The number of nitriles is 2. The van der Waals surface area contributed by atoms with Gasteiger partial charge in [-0.15, -0.1) is 0 Å². The largest absolute Gasteiger partial charge is 0.388 e. The topological polar surface area (TPSA) is 78.5 Å². The van der Waals surface area contributed by atoms with Gasteiger partial charge in [-0.3, -0.25) is 0 Å². The summed E-state index contributed by atoms with van der Waals surface area (Å²) < 4.78 is 1.67. The molecule has 14 heavy (non-hydrogen) atoms. The van der Waals surface area contributed by atoms with Crippen molar-refractivity contribution < 1.29 is 0 Å². The predicted molar refractivity (Wildman–Crippen MR) is 52.5 cm³/mol. The van der Waals surface area contributed by atoms with Gasteiger partial charge < -0.3 is 10.3 Å². The minimum Gasteiger partial charge on any atom is -0.388 e. The third kappa shape index (κ3) is 1.46. The van der Waals surface area contributed by atoms with Crippen LogP contribution in [0.25, 0.3) is 5.70 Å². The van der Waals surface area contributed by atoms with Crippen molar-refractivity contribution in [2.45, 2.75) is 13.8 Å². The summed E-state index contributed by atoms with van der Waals surface area (Å²) in [4.78, 5) is 0. The Morgan fingerprint density at radius 3 is 2.07 bits per heavy atom. The molecule has 4 nitrogen and oxygen atoms in total. The summed E-state index contributed by atoms with van der Waals surface area (Å²) in [6.45, 7) is 3.71. The summed E-state index contributed by atoms with van der Waals surface area (Å²) in [5.74, 6) is 0. The summed E-state index contributed by atoms with van der Waals surface area (Å²) in [5, 5.41) is 17.5. The van der Waals surface area contributed by atoms with Crippen LogP contribution in [0.4, 0.5) is 0 Å². The molecule has 0 saturated heterocycles. The molecule has 0 aliphatic rings. The molecular weight excluding hydrogens is 176 g/mol. The van der Waals surface area contributed by atoms with Crippen LogP contribution in [0.1, 0.15) is 11.4 Å².